The summed E-state index contributed by atoms with van der Waals surface area (Å²) in [7, 11) is 0. The molecule has 112 valence electrons. The van der Waals surface area contributed by atoms with Crippen LogP contribution in [-0.4, -0.2) is 17.3 Å². The van der Waals surface area contributed by atoms with Gasteiger partial charge in [0.1, 0.15) is 0 Å². The van der Waals surface area contributed by atoms with Gasteiger partial charge in [-0.15, -0.1) is 0 Å². The molecule has 0 spiro atoms. The highest BCUT2D eigenvalue weighted by Crippen LogP contribution is 2.37. The van der Waals surface area contributed by atoms with E-state index in [2.05, 4.69) is 0 Å². The Hall–Kier alpha value is -2.53. The number of benzene rings is 2. The Morgan fingerprint density at radius 1 is 1.09 bits per heavy atom. The third-order valence-corrected chi connectivity index (χ3v) is 3.92. The summed E-state index contributed by atoms with van der Waals surface area (Å²) in [5.41, 5.74) is 1.51. The van der Waals surface area contributed by atoms with Crippen LogP contribution in [0.2, 0.25) is 0 Å². The van der Waals surface area contributed by atoms with Crippen LogP contribution in [0.25, 0.3) is 0 Å². The molecule has 22 heavy (non-hydrogen) atoms. The minimum atomic E-state index is -0.439. The molecule has 0 N–H and O–H groups in total. The topological polar surface area (TPSA) is 69.4 Å². The van der Waals surface area contributed by atoms with E-state index in [4.69, 9.17) is 4.74 Å². The summed E-state index contributed by atoms with van der Waals surface area (Å²) in [6, 6.07) is 15.4. The highest BCUT2D eigenvalue weighted by Gasteiger charge is 2.35. The van der Waals surface area contributed by atoms with Crippen molar-refractivity contribution in [2.75, 3.05) is 6.61 Å². The zero-order chi connectivity index (χ0) is 15.5. The van der Waals surface area contributed by atoms with Crippen molar-refractivity contribution in [2.45, 2.75) is 12.5 Å². The summed E-state index contributed by atoms with van der Waals surface area (Å²) in [6.45, 7) is 0.519. The van der Waals surface area contributed by atoms with E-state index in [1.54, 1.807) is 24.3 Å². The molecule has 1 fully saturated rings. The molecule has 5 heteroatoms. The number of ketones is 1. The highest BCUT2D eigenvalue weighted by molar-refractivity contribution is 5.98. The van der Waals surface area contributed by atoms with E-state index in [1.807, 2.05) is 18.2 Å². The Balaban J connectivity index is 1.84. The molecule has 2 atom stereocenters. The summed E-state index contributed by atoms with van der Waals surface area (Å²) in [5, 5.41) is 10.7. The molecule has 1 aliphatic heterocycles. The second-order valence-electron chi connectivity index (χ2n) is 5.27. The summed E-state index contributed by atoms with van der Waals surface area (Å²) in [4.78, 5) is 22.9. The van der Waals surface area contributed by atoms with Gasteiger partial charge in [-0.3, -0.25) is 14.9 Å². The quantitative estimate of drug-likeness (QED) is 0.491. The van der Waals surface area contributed by atoms with Crippen LogP contribution in [0.5, 0.6) is 0 Å². The van der Waals surface area contributed by atoms with Crippen molar-refractivity contribution in [1.82, 2.24) is 0 Å². The van der Waals surface area contributed by atoms with Crippen molar-refractivity contribution in [3.63, 3.8) is 0 Å². The van der Waals surface area contributed by atoms with E-state index < -0.39 is 4.92 Å². The van der Waals surface area contributed by atoms with Crippen molar-refractivity contribution < 1.29 is 14.5 Å². The number of hydrogen-bond donors (Lipinski definition) is 0. The van der Waals surface area contributed by atoms with E-state index in [0.29, 0.717) is 18.6 Å². The zero-order valence-electron chi connectivity index (χ0n) is 11.8. The maximum Gasteiger partial charge on any atom is 0.269 e. The highest BCUT2D eigenvalue weighted by atomic mass is 16.6. The number of carbonyl (C=O) groups is 1. The summed E-state index contributed by atoms with van der Waals surface area (Å²) in [5.74, 6) is -0.190. The lowest BCUT2D eigenvalue weighted by molar-refractivity contribution is -0.384. The predicted molar refractivity (Wildman–Crippen MR) is 80.7 cm³/mol. The lowest BCUT2D eigenvalue weighted by atomic mass is 9.88. The van der Waals surface area contributed by atoms with Crippen LogP contribution in [0.15, 0.2) is 54.6 Å². The van der Waals surface area contributed by atoms with Gasteiger partial charge in [-0.25, -0.2) is 0 Å². The number of non-ortho nitro benzene ring substituents is 1. The van der Waals surface area contributed by atoms with Gasteiger partial charge in [-0.05, 0) is 24.1 Å². The van der Waals surface area contributed by atoms with Gasteiger partial charge in [0.15, 0.2) is 5.78 Å². The van der Waals surface area contributed by atoms with Crippen LogP contribution >= 0.6 is 0 Å². The van der Waals surface area contributed by atoms with Gasteiger partial charge in [0.2, 0.25) is 0 Å². The number of Topliss-reactive ketones (excluding diaryl/α,β-unsaturated/α-hetero) is 1. The van der Waals surface area contributed by atoms with Crippen LogP contribution in [0, 0.1) is 16.0 Å². The fourth-order valence-corrected chi connectivity index (χ4v) is 2.79. The van der Waals surface area contributed by atoms with Crippen LogP contribution in [0.3, 0.4) is 0 Å². The van der Waals surface area contributed by atoms with Gasteiger partial charge in [0.05, 0.1) is 16.9 Å². The monoisotopic (exact) mass is 297 g/mol. The molecule has 5 nitrogen and oxygen atoms in total. The predicted octanol–water partition coefficient (Wildman–Crippen LogP) is 3.56. The zero-order valence-corrected chi connectivity index (χ0v) is 11.8. The molecule has 1 heterocycles. The number of carbonyl (C=O) groups excluding carboxylic acids is 1. The first-order chi connectivity index (χ1) is 10.7. The van der Waals surface area contributed by atoms with E-state index in [0.717, 1.165) is 5.56 Å². The molecule has 0 bridgehead atoms. The first-order valence-electron chi connectivity index (χ1n) is 7.12. The average molecular weight is 297 g/mol. The van der Waals surface area contributed by atoms with Gasteiger partial charge in [-0.2, -0.15) is 0 Å². The summed E-state index contributed by atoms with van der Waals surface area (Å²) < 4.78 is 5.70. The summed E-state index contributed by atoms with van der Waals surface area (Å²) >= 11 is 0. The van der Waals surface area contributed by atoms with Crippen molar-refractivity contribution in [2.24, 2.45) is 5.92 Å². The molecule has 0 saturated carbocycles. The molecule has 0 radical (unpaired) electrons. The molecule has 1 saturated heterocycles. The molecular formula is C17H15NO4. The summed E-state index contributed by atoms with van der Waals surface area (Å²) in [6.07, 6.45) is 0.323. The largest absolute Gasteiger partial charge is 0.373 e. The fourth-order valence-electron chi connectivity index (χ4n) is 2.79. The van der Waals surface area contributed by atoms with Crippen LogP contribution in [0.1, 0.15) is 28.4 Å². The lowest BCUT2D eigenvalue weighted by Crippen LogP contribution is -2.18. The maximum atomic E-state index is 12.6. The van der Waals surface area contributed by atoms with Crippen LogP contribution in [-0.2, 0) is 4.74 Å². The van der Waals surface area contributed by atoms with E-state index in [-0.39, 0.29) is 23.5 Å². The van der Waals surface area contributed by atoms with Gasteiger partial charge in [-0.1, -0.05) is 30.3 Å². The lowest BCUT2D eigenvalue weighted by Gasteiger charge is -2.18. The number of ether oxygens (including phenoxy) is 1. The van der Waals surface area contributed by atoms with E-state index >= 15 is 0 Å². The van der Waals surface area contributed by atoms with Crippen LogP contribution < -0.4 is 0 Å². The molecule has 0 amide bonds. The third kappa shape index (κ3) is 2.76. The molecule has 3 rings (SSSR count). The molecular weight excluding hydrogens is 282 g/mol. The van der Waals surface area contributed by atoms with Crippen molar-refractivity contribution >= 4 is 11.5 Å². The smallest absolute Gasteiger partial charge is 0.269 e. The van der Waals surface area contributed by atoms with Gasteiger partial charge in [0, 0.05) is 24.3 Å². The van der Waals surface area contributed by atoms with Crippen LogP contribution in [0.4, 0.5) is 5.69 Å². The standard InChI is InChI=1S/C17H15NO4/c19-16(12-4-2-1-3-5-12)15-10-11-22-17(15)13-6-8-14(9-7-13)18(20)21/h1-9,15,17H,10-11H2/t15-,17+/m0/s1. The second kappa shape index (κ2) is 6.07. The maximum absolute atomic E-state index is 12.6. The minimum absolute atomic E-state index is 0.0349. The van der Waals surface area contributed by atoms with Crippen molar-refractivity contribution in [3.05, 3.63) is 75.8 Å². The SMILES string of the molecule is O=C(c1ccccc1)[C@@H]1CCO[C@@H]1c1ccc([N+](=O)[O-])cc1. The first kappa shape index (κ1) is 14.4. The van der Waals surface area contributed by atoms with E-state index in [1.165, 1.54) is 12.1 Å². The van der Waals surface area contributed by atoms with Gasteiger partial charge in [0.25, 0.3) is 5.69 Å². The van der Waals surface area contributed by atoms with Crippen molar-refractivity contribution in [1.29, 1.82) is 0 Å². The average Bonchev–Trinajstić information content (AvgIpc) is 3.04. The molecule has 0 unspecified atom stereocenters. The number of nitro benzene ring substituents is 1. The Labute approximate surface area is 127 Å². The van der Waals surface area contributed by atoms with Gasteiger partial charge >= 0.3 is 0 Å². The number of rotatable bonds is 4. The van der Waals surface area contributed by atoms with Crippen molar-refractivity contribution in [3.8, 4) is 0 Å². The molecule has 1 aliphatic rings. The number of nitro groups is 1. The Kier molecular flexibility index (Phi) is 3.98. The minimum Gasteiger partial charge on any atom is -0.373 e. The molecule has 0 aliphatic carbocycles. The fraction of sp³-hybridized carbons (Fsp3) is 0.235. The second-order valence-corrected chi connectivity index (χ2v) is 5.27. The first-order valence-corrected chi connectivity index (χ1v) is 7.12. The van der Waals surface area contributed by atoms with Gasteiger partial charge < -0.3 is 4.74 Å². The van der Waals surface area contributed by atoms with E-state index in [9.17, 15) is 14.9 Å². The number of hydrogen-bond acceptors (Lipinski definition) is 4. The normalized spacial score (nSPS) is 20.7. The molecule has 2 aromatic carbocycles. The Bertz CT molecular complexity index is 682. The molecule has 0 aromatic heterocycles. The Morgan fingerprint density at radius 2 is 1.77 bits per heavy atom. The Morgan fingerprint density at radius 3 is 2.41 bits per heavy atom. The molecule has 2 aromatic rings. The number of nitrogens with zero attached hydrogens (tertiary/aromatic N) is 1. The third-order valence-electron chi connectivity index (χ3n) is 3.92.